The molecule has 82 valence electrons. The second-order valence-corrected chi connectivity index (χ2v) is 3.77. The van der Waals surface area contributed by atoms with Gasteiger partial charge in [0.05, 0.1) is 23.7 Å². The Hall–Kier alpha value is -0.940. The van der Waals surface area contributed by atoms with Crippen LogP contribution in [0.25, 0.3) is 0 Å². The van der Waals surface area contributed by atoms with Gasteiger partial charge in [0.25, 0.3) is 0 Å². The lowest BCUT2D eigenvalue weighted by atomic mass is 10.1. The van der Waals surface area contributed by atoms with Crippen molar-refractivity contribution < 1.29 is 13.9 Å². The first-order valence-electron chi connectivity index (χ1n) is 4.31. The van der Waals surface area contributed by atoms with Crippen LogP contribution in [0.2, 0.25) is 0 Å². The van der Waals surface area contributed by atoms with Crippen molar-refractivity contribution in [2.45, 2.75) is 0 Å². The highest BCUT2D eigenvalue weighted by Gasteiger charge is 2.14. The van der Waals surface area contributed by atoms with Gasteiger partial charge in [0.2, 0.25) is 0 Å². The molecule has 0 amide bonds. The first kappa shape index (κ1) is 12.1. The topological polar surface area (TPSA) is 38.3 Å². The summed E-state index contributed by atoms with van der Waals surface area (Å²) in [5, 5.41) is 2.74. The van der Waals surface area contributed by atoms with Crippen molar-refractivity contribution in [3.8, 4) is 5.75 Å². The Kier molecular flexibility index (Phi) is 4.23. The Morgan fingerprint density at radius 2 is 2.27 bits per heavy atom. The fraction of sp³-hybridized carbons (Fsp3) is 0.300. The van der Waals surface area contributed by atoms with Gasteiger partial charge in [-0.2, -0.15) is 0 Å². The number of ketones is 1. The van der Waals surface area contributed by atoms with Crippen molar-refractivity contribution in [1.29, 1.82) is 0 Å². The molecule has 5 heteroatoms. The van der Waals surface area contributed by atoms with E-state index in [0.29, 0.717) is 5.56 Å². The predicted octanol–water partition coefficient (Wildman–Crippen LogP) is 2.00. The summed E-state index contributed by atoms with van der Waals surface area (Å²) in [4.78, 5) is 11.6. The highest BCUT2D eigenvalue weighted by Crippen LogP contribution is 2.26. The van der Waals surface area contributed by atoms with Gasteiger partial charge in [-0.3, -0.25) is 4.79 Å². The number of Topliss-reactive ketones (excluding diaryl/α,β-unsaturated/α-hetero) is 1. The van der Waals surface area contributed by atoms with E-state index in [0.717, 1.165) is 0 Å². The molecule has 0 aromatic heterocycles. The quantitative estimate of drug-likeness (QED) is 0.855. The maximum atomic E-state index is 13.1. The number of nitrogens with one attached hydrogen (secondary N) is 1. The number of methoxy groups -OCH3 is 1. The van der Waals surface area contributed by atoms with E-state index in [1.54, 1.807) is 7.05 Å². The summed E-state index contributed by atoms with van der Waals surface area (Å²) < 4.78 is 18.3. The molecule has 0 aliphatic carbocycles. The van der Waals surface area contributed by atoms with E-state index in [1.165, 1.54) is 19.2 Å². The largest absolute Gasteiger partial charge is 0.496 e. The van der Waals surface area contributed by atoms with Crippen LogP contribution >= 0.6 is 15.9 Å². The SMILES string of the molecule is CNCC(=O)c1cc(Br)c(F)cc1OC. The van der Waals surface area contributed by atoms with Gasteiger partial charge in [0, 0.05) is 6.07 Å². The highest BCUT2D eigenvalue weighted by atomic mass is 79.9. The van der Waals surface area contributed by atoms with Crippen molar-refractivity contribution >= 4 is 21.7 Å². The predicted molar refractivity (Wildman–Crippen MR) is 58.9 cm³/mol. The molecular weight excluding hydrogens is 265 g/mol. The van der Waals surface area contributed by atoms with Crippen molar-refractivity contribution in [1.82, 2.24) is 5.32 Å². The van der Waals surface area contributed by atoms with E-state index in [1.807, 2.05) is 0 Å². The third kappa shape index (κ3) is 2.76. The second kappa shape index (κ2) is 5.23. The zero-order valence-corrected chi connectivity index (χ0v) is 10.0. The Bertz CT molecular complexity index is 382. The molecule has 0 aliphatic heterocycles. The van der Waals surface area contributed by atoms with Crippen molar-refractivity contribution in [2.24, 2.45) is 0 Å². The molecule has 0 radical (unpaired) electrons. The lowest BCUT2D eigenvalue weighted by Gasteiger charge is -2.08. The number of carbonyl (C=O) groups excluding carboxylic acids is 1. The fourth-order valence-corrected chi connectivity index (χ4v) is 1.51. The Morgan fingerprint density at radius 3 is 2.80 bits per heavy atom. The molecule has 3 nitrogen and oxygen atoms in total. The summed E-state index contributed by atoms with van der Waals surface area (Å²) in [5.41, 5.74) is 0.361. The number of hydrogen-bond acceptors (Lipinski definition) is 3. The number of likely N-dealkylation sites (N-methyl/N-ethyl adjacent to an activating group) is 1. The third-order valence-electron chi connectivity index (χ3n) is 1.88. The molecular formula is C10H11BrFNO2. The van der Waals surface area contributed by atoms with Gasteiger partial charge in [-0.1, -0.05) is 0 Å². The summed E-state index contributed by atoms with van der Waals surface area (Å²) in [6, 6.07) is 2.61. The van der Waals surface area contributed by atoms with Crippen LogP contribution in [0.1, 0.15) is 10.4 Å². The second-order valence-electron chi connectivity index (χ2n) is 2.92. The number of hydrogen-bond donors (Lipinski definition) is 1. The van der Waals surface area contributed by atoms with Crippen LogP contribution in [0.5, 0.6) is 5.75 Å². The van der Waals surface area contributed by atoms with Crippen LogP contribution in [0.3, 0.4) is 0 Å². The zero-order chi connectivity index (χ0) is 11.4. The third-order valence-corrected chi connectivity index (χ3v) is 2.49. The van der Waals surface area contributed by atoms with Gasteiger partial charge in [0.1, 0.15) is 11.6 Å². The van der Waals surface area contributed by atoms with E-state index >= 15 is 0 Å². The first-order chi connectivity index (χ1) is 7.10. The minimum atomic E-state index is -0.451. The molecule has 0 fully saturated rings. The molecule has 0 atom stereocenters. The van der Waals surface area contributed by atoms with Crippen LogP contribution in [0, 0.1) is 5.82 Å². The monoisotopic (exact) mass is 275 g/mol. The van der Waals surface area contributed by atoms with E-state index in [4.69, 9.17) is 4.74 Å². The Morgan fingerprint density at radius 1 is 1.60 bits per heavy atom. The molecule has 0 saturated carbocycles. The zero-order valence-electron chi connectivity index (χ0n) is 8.43. The van der Waals surface area contributed by atoms with Gasteiger partial charge in [-0.25, -0.2) is 4.39 Å². The molecule has 0 spiro atoms. The summed E-state index contributed by atoms with van der Waals surface area (Å²) in [6.45, 7) is 0.189. The van der Waals surface area contributed by atoms with Crippen LogP contribution in [0.15, 0.2) is 16.6 Å². The number of halogens is 2. The highest BCUT2D eigenvalue weighted by molar-refractivity contribution is 9.10. The first-order valence-corrected chi connectivity index (χ1v) is 5.10. The normalized spacial score (nSPS) is 10.1. The molecule has 0 heterocycles. The van der Waals surface area contributed by atoms with Crippen molar-refractivity contribution in [3.05, 3.63) is 28.0 Å². The molecule has 0 unspecified atom stereocenters. The summed E-state index contributed by atoms with van der Waals surface area (Å²) >= 11 is 3.03. The smallest absolute Gasteiger partial charge is 0.180 e. The Balaban J connectivity index is 3.15. The maximum absolute atomic E-state index is 13.1. The molecule has 1 aromatic carbocycles. The number of benzene rings is 1. The van der Waals surface area contributed by atoms with Gasteiger partial charge < -0.3 is 10.1 Å². The minimum Gasteiger partial charge on any atom is -0.496 e. The average Bonchev–Trinajstić information content (AvgIpc) is 2.21. The molecule has 0 saturated heterocycles. The minimum absolute atomic E-state index is 0.143. The van der Waals surface area contributed by atoms with Crippen molar-refractivity contribution in [2.75, 3.05) is 20.7 Å². The fourth-order valence-electron chi connectivity index (χ4n) is 1.17. The van der Waals surface area contributed by atoms with Crippen LogP contribution in [0.4, 0.5) is 4.39 Å². The van der Waals surface area contributed by atoms with Crippen LogP contribution in [-0.4, -0.2) is 26.5 Å². The van der Waals surface area contributed by atoms with Gasteiger partial charge in [-0.15, -0.1) is 0 Å². The molecule has 15 heavy (non-hydrogen) atoms. The van der Waals surface area contributed by atoms with Gasteiger partial charge in [-0.05, 0) is 29.0 Å². The lowest BCUT2D eigenvalue weighted by Crippen LogP contribution is -2.19. The van der Waals surface area contributed by atoms with Gasteiger partial charge in [0.15, 0.2) is 5.78 Å². The average molecular weight is 276 g/mol. The summed E-state index contributed by atoms with van der Waals surface area (Å²) in [6.07, 6.45) is 0. The molecule has 1 aromatic rings. The standard InChI is InChI=1S/C10H11BrFNO2/c1-13-5-9(14)6-3-7(11)8(12)4-10(6)15-2/h3-4,13H,5H2,1-2H3. The molecule has 1 rings (SSSR count). The number of ether oxygens (including phenoxy) is 1. The van der Waals surface area contributed by atoms with Gasteiger partial charge >= 0.3 is 0 Å². The molecule has 0 bridgehead atoms. The van der Waals surface area contributed by atoms with Crippen molar-refractivity contribution in [3.63, 3.8) is 0 Å². The van der Waals surface area contributed by atoms with E-state index in [-0.39, 0.29) is 22.6 Å². The Labute approximate surface area is 95.7 Å². The molecule has 1 N–H and O–H groups in total. The summed E-state index contributed by atoms with van der Waals surface area (Å²) in [7, 11) is 3.07. The van der Waals surface area contributed by atoms with Crippen LogP contribution < -0.4 is 10.1 Å². The lowest BCUT2D eigenvalue weighted by molar-refractivity contribution is 0.0990. The maximum Gasteiger partial charge on any atom is 0.180 e. The van der Waals surface area contributed by atoms with Crippen LogP contribution in [-0.2, 0) is 0 Å². The van der Waals surface area contributed by atoms with E-state index in [9.17, 15) is 9.18 Å². The van der Waals surface area contributed by atoms with E-state index < -0.39 is 5.82 Å². The number of carbonyl (C=O) groups is 1. The molecule has 0 aliphatic rings. The number of rotatable bonds is 4. The van der Waals surface area contributed by atoms with E-state index in [2.05, 4.69) is 21.2 Å². The summed E-state index contributed by atoms with van der Waals surface area (Å²) in [5.74, 6) is -0.348.